The molecule has 0 aliphatic carbocycles. The van der Waals surface area contributed by atoms with Gasteiger partial charge in [-0.15, -0.1) is 0 Å². The first-order valence-corrected chi connectivity index (χ1v) is 8.72. The van der Waals surface area contributed by atoms with Crippen molar-refractivity contribution in [2.24, 2.45) is 4.99 Å². The van der Waals surface area contributed by atoms with Gasteiger partial charge in [0.05, 0.1) is 5.69 Å². The molecule has 18 heavy (non-hydrogen) atoms. The highest BCUT2D eigenvalue weighted by atomic mass is 127. The van der Waals surface area contributed by atoms with Crippen molar-refractivity contribution < 1.29 is 13.0 Å². The molecule has 0 spiro atoms. The van der Waals surface area contributed by atoms with Crippen LogP contribution in [0.4, 0.5) is 5.69 Å². The Morgan fingerprint density at radius 1 is 1.33 bits per heavy atom. The summed E-state index contributed by atoms with van der Waals surface area (Å²) in [6.07, 6.45) is 0. The average Bonchev–Trinajstić information content (AvgIpc) is 2.34. The molecule has 1 aliphatic rings. The highest BCUT2D eigenvalue weighted by Crippen LogP contribution is 2.45. The first-order valence-electron chi connectivity index (χ1n) is 5.12. The lowest BCUT2D eigenvalue weighted by Crippen LogP contribution is -2.24. The van der Waals surface area contributed by atoms with E-state index in [9.17, 15) is 13.0 Å². The van der Waals surface area contributed by atoms with Gasteiger partial charge in [0, 0.05) is 23.8 Å². The van der Waals surface area contributed by atoms with Gasteiger partial charge in [-0.1, -0.05) is 13.8 Å². The van der Waals surface area contributed by atoms with Crippen LogP contribution in [0.3, 0.4) is 0 Å². The summed E-state index contributed by atoms with van der Waals surface area (Å²) in [5.41, 5.74) is 2.29. The molecule has 0 fully saturated rings. The van der Waals surface area contributed by atoms with Crippen LogP contribution in [0.1, 0.15) is 26.3 Å². The van der Waals surface area contributed by atoms with Gasteiger partial charge in [-0.2, -0.15) is 8.42 Å². The lowest BCUT2D eigenvalue weighted by molar-refractivity contribution is 0.481. The van der Waals surface area contributed by atoms with E-state index in [1.165, 1.54) is 0 Å². The number of rotatable bonds is 1. The molecule has 0 aromatic heterocycles. The van der Waals surface area contributed by atoms with Gasteiger partial charge < -0.3 is 0 Å². The maximum Gasteiger partial charge on any atom is 0.296 e. The van der Waals surface area contributed by atoms with E-state index in [0.29, 0.717) is 7.14 Å². The second-order valence-electron chi connectivity index (χ2n) is 4.69. The smallest absolute Gasteiger partial charge is 0.282 e. The fraction of sp³-hybridized carbons (Fsp3) is 0.364. The zero-order valence-corrected chi connectivity index (χ0v) is 15.1. The van der Waals surface area contributed by atoms with Crippen LogP contribution in [-0.2, 0) is 15.5 Å². The van der Waals surface area contributed by atoms with Gasteiger partial charge in [0.15, 0.2) is 0 Å². The molecular formula is C11H11I2NO3S. The molecule has 1 aliphatic heterocycles. The maximum absolute atomic E-state index is 11.5. The van der Waals surface area contributed by atoms with Crippen molar-refractivity contribution >= 4 is 66.7 Å². The first kappa shape index (κ1) is 14.7. The van der Waals surface area contributed by atoms with Crippen molar-refractivity contribution in [2.45, 2.75) is 31.1 Å². The highest BCUT2D eigenvalue weighted by Gasteiger charge is 2.37. The molecule has 0 amide bonds. The van der Waals surface area contributed by atoms with Crippen LogP contribution >= 0.6 is 45.2 Å². The molecule has 98 valence electrons. The van der Waals surface area contributed by atoms with E-state index in [-0.39, 0.29) is 10.3 Å². The highest BCUT2D eigenvalue weighted by molar-refractivity contribution is 14.1. The molecule has 7 heteroatoms. The van der Waals surface area contributed by atoms with E-state index in [2.05, 4.69) is 4.99 Å². The average molecular weight is 491 g/mol. The zero-order chi connectivity index (χ0) is 13.9. The van der Waals surface area contributed by atoms with Crippen LogP contribution in [0, 0.1) is 7.14 Å². The van der Waals surface area contributed by atoms with Crippen LogP contribution in [0.2, 0.25) is 0 Å². The summed E-state index contributed by atoms with van der Waals surface area (Å²) in [6, 6.07) is 1.71. The number of benzene rings is 1. The standard InChI is InChI=1S/C11H11I2NO3S/c1-5-11(2,3)8-7(14-5)4-6(12)10(9(8)13)18(15,16)17/h4H,1-3H3,(H,15,16,17). The van der Waals surface area contributed by atoms with Crippen LogP contribution < -0.4 is 0 Å². The number of fused-ring (bicyclic) bond motifs is 1. The third kappa shape index (κ3) is 2.12. The molecule has 2 rings (SSSR count). The van der Waals surface area contributed by atoms with Gasteiger partial charge >= 0.3 is 0 Å². The summed E-state index contributed by atoms with van der Waals surface area (Å²) in [4.78, 5) is 4.47. The summed E-state index contributed by atoms with van der Waals surface area (Å²) < 4.78 is 33.3. The molecule has 0 saturated carbocycles. The molecule has 0 unspecified atom stereocenters. The van der Waals surface area contributed by atoms with Gasteiger partial charge in [-0.05, 0) is 58.2 Å². The van der Waals surface area contributed by atoms with Crippen LogP contribution in [0.15, 0.2) is 16.0 Å². The number of aliphatic imine (C=N–C) groups is 1. The third-order valence-corrected chi connectivity index (χ3v) is 6.83. The minimum Gasteiger partial charge on any atom is -0.282 e. The number of nitrogens with zero attached hydrogens (tertiary/aromatic N) is 1. The molecule has 1 aromatic rings. The maximum atomic E-state index is 11.5. The first-order chi connectivity index (χ1) is 8.06. The minimum absolute atomic E-state index is 0.0135. The molecule has 0 radical (unpaired) electrons. The predicted octanol–water partition coefficient (Wildman–Crippen LogP) is 3.53. The second kappa shape index (κ2) is 4.38. The lowest BCUT2D eigenvalue weighted by Gasteiger charge is -2.22. The normalized spacial score (nSPS) is 17.6. The van der Waals surface area contributed by atoms with Gasteiger partial charge in [-0.3, -0.25) is 9.55 Å². The summed E-state index contributed by atoms with van der Waals surface area (Å²) >= 11 is 3.89. The Hall–Kier alpha value is 0.260. The topological polar surface area (TPSA) is 66.7 Å². The molecule has 0 saturated heterocycles. The van der Waals surface area contributed by atoms with E-state index >= 15 is 0 Å². The summed E-state index contributed by atoms with van der Waals surface area (Å²) in [7, 11) is -4.22. The monoisotopic (exact) mass is 491 g/mol. The third-order valence-electron chi connectivity index (χ3n) is 3.23. The van der Waals surface area contributed by atoms with E-state index in [4.69, 9.17) is 0 Å². The molecular weight excluding hydrogens is 480 g/mol. The Morgan fingerprint density at radius 3 is 2.39 bits per heavy atom. The van der Waals surface area contributed by atoms with Crippen molar-refractivity contribution in [2.75, 3.05) is 0 Å². The fourth-order valence-corrected chi connectivity index (χ4v) is 6.63. The Bertz CT molecular complexity index is 678. The van der Waals surface area contributed by atoms with Gasteiger partial charge in [0.2, 0.25) is 0 Å². The molecule has 0 atom stereocenters. The largest absolute Gasteiger partial charge is 0.296 e. The van der Waals surface area contributed by atoms with Crippen LogP contribution in [0.5, 0.6) is 0 Å². The lowest BCUT2D eigenvalue weighted by atomic mass is 9.82. The summed E-state index contributed by atoms with van der Waals surface area (Å²) in [5.74, 6) is 0. The Morgan fingerprint density at radius 2 is 1.89 bits per heavy atom. The second-order valence-corrected chi connectivity index (χ2v) is 8.29. The van der Waals surface area contributed by atoms with E-state index in [1.807, 2.05) is 66.0 Å². The zero-order valence-electron chi connectivity index (χ0n) is 9.95. The quantitative estimate of drug-likeness (QED) is 0.483. The number of hydrogen-bond donors (Lipinski definition) is 1. The van der Waals surface area contributed by atoms with E-state index < -0.39 is 10.1 Å². The summed E-state index contributed by atoms with van der Waals surface area (Å²) in [5, 5.41) is 0. The van der Waals surface area contributed by atoms with Crippen molar-refractivity contribution in [1.29, 1.82) is 0 Å². The molecule has 1 aromatic carbocycles. The van der Waals surface area contributed by atoms with Gasteiger partial charge in [0.1, 0.15) is 4.90 Å². The SMILES string of the molecule is CC1=Nc2cc(I)c(S(=O)(=O)O)c(I)c2C1(C)C. The van der Waals surface area contributed by atoms with Gasteiger partial charge in [0.25, 0.3) is 10.1 Å². The fourth-order valence-electron chi connectivity index (χ4n) is 2.01. The molecule has 4 nitrogen and oxygen atoms in total. The molecule has 0 bridgehead atoms. The molecule has 1 N–H and O–H groups in total. The van der Waals surface area contributed by atoms with Crippen molar-refractivity contribution in [3.63, 3.8) is 0 Å². The number of hydrogen-bond acceptors (Lipinski definition) is 3. The van der Waals surface area contributed by atoms with Crippen LogP contribution in [0.25, 0.3) is 0 Å². The predicted molar refractivity (Wildman–Crippen MR) is 87.5 cm³/mol. The Kier molecular flexibility index (Phi) is 3.57. The van der Waals surface area contributed by atoms with Crippen molar-refractivity contribution in [3.05, 3.63) is 18.8 Å². The van der Waals surface area contributed by atoms with E-state index in [0.717, 1.165) is 17.0 Å². The van der Waals surface area contributed by atoms with Gasteiger partial charge in [-0.25, -0.2) is 0 Å². The van der Waals surface area contributed by atoms with Crippen molar-refractivity contribution in [3.8, 4) is 0 Å². The number of halogens is 2. The minimum atomic E-state index is -4.22. The van der Waals surface area contributed by atoms with Crippen molar-refractivity contribution in [1.82, 2.24) is 0 Å². The summed E-state index contributed by atoms with van der Waals surface area (Å²) in [6.45, 7) is 5.93. The van der Waals surface area contributed by atoms with E-state index in [1.54, 1.807) is 6.07 Å². The molecule has 1 heterocycles. The Labute approximate surface area is 133 Å². The van der Waals surface area contributed by atoms with Crippen LogP contribution in [-0.4, -0.2) is 18.7 Å². The Balaban J connectivity index is 2.88.